The topological polar surface area (TPSA) is 175 Å². The lowest BCUT2D eigenvalue weighted by molar-refractivity contribution is -0.302. The van der Waals surface area contributed by atoms with Crippen LogP contribution >= 0.6 is 0 Å². The van der Waals surface area contributed by atoms with Gasteiger partial charge in [-0.3, -0.25) is 9.59 Å². The van der Waals surface area contributed by atoms with Gasteiger partial charge in [0, 0.05) is 12.8 Å². The van der Waals surface area contributed by atoms with Crippen molar-refractivity contribution in [3.05, 3.63) is 48.6 Å². The molecule has 7 unspecified atom stereocenters. The second-order valence-corrected chi connectivity index (χ2v) is 27.1. The molecule has 6 N–H and O–H groups in total. The third-order valence-corrected chi connectivity index (χ3v) is 18.4. The van der Waals surface area contributed by atoms with Gasteiger partial charge in [-0.05, 0) is 89.9 Å². The summed E-state index contributed by atoms with van der Waals surface area (Å²) < 4.78 is 16.7. The lowest BCUT2D eigenvalue weighted by Crippen LogP contribution is -2.60. The maximum atomic E-state index is 13.0. The smallest absolute Gasteiger partial charge is 0.305 e. The van der Waals surface area contributed by atoms with Crippen molar-refractivity contribution in [1.82, 2.24) is 5.32 Å². The van der Waals surface area contributed by atoms with Gasteiger partial charge in [-0.15, -0.1) is 0 Å². The zero-order chi connectivity index (χ0) is 65.1. The zero-order valence-electron chi connectivity index (χ0n) is 58.9. The predicted molar refractivity (Wildman–Crippen MR) is 380 cm³/mol. The van der Waals surface area contributed by atoms with Crippen molar-refractivity contribution in [3.8, 4) is 0 Å². The van der Waals surface area contributed by atoms with E-state index >= 15 is 0 Å². The fourth-order valence-electron chi connectivity index (χ4n) is 12.3. The molecule has 1 aliphatic heterocycles. The number of rotatable bonds is 69. The van der Waals surface area contributed by atoms with Crippen LogP contribution in [0.15, 0.2) is 48.6 Å². The summed E-state index contributed by atoms with van der Waals surface area (Å²) in [5, 5.41) is 54.3. The van der Waals surface area contributed by atoms with E-state index in [1.165, 1.54) is 289 Å². The quantitative estimate of drug-likeness (QED) is 0.0195. The molecule has 1 amide bonds. The van der Waals surface area contributed by atoms with Crippen molar-refractivity contribution in [1.29, 1.82) is 0 Å². The molecular formula is C79H147NO10. The second kappa shape index (κ2) is 68.0. The van der Waals surface area contributed by atoms with Gasteiger partial charge < -0.3 is 45.1 Å². The third kappa shape index (κ3) is 56.0. The summed E-state index contributed by atoms with van der Waals surface area (Å²) in [7, 11) is 0. The summed E-state index contributed by atoms with van der Waals surface area (Å²) in [6.45, 7) is 4.35. The Kier molecular flexibility index (Phi) is 64.7. The molecule has 0 spiro atoms. The first kappa shape index (κ1) is 85.6. The monoisotopic (exact) mass is 1270 g/mol. The first-order valence-corrected chi connectivity index (χ1v) is 38.9. The molecule has 0 radical (unpaired) electrons. The molecule has 1 aliphatic rings. The summed E-state index contributed by atoms with van der Waals surface area (Å²) in [5.74, 6) is -0.174. The Balaban J connectivity index is 1.87. The number of amides is 1. The highest BCUT2D eigenvalue weighted by Gasteiger charge is 2.44. The second-order valence-electron chi connectivity index (χ2n) is 27.1. The van der Waals surface area contributed by atoms with Gasteiger partial charge in [0.2, 0.25) is 5.91 Å². The minimum Gasteiger partial charge on any atom is -0.466 e. The summed E-state index contributed by atoms with van der Waals surface area (Å²) in [6.07, 6.45) is 80.1. The van der Waals surface area contributed by atoms with Gasteiger partial charge in [0.05, 0.1) is 32.0 Å². The van der Waals surface area contributed by atoms with E-state index < -0.39 is 49.5 Å². The van der Waals surface area contributed by atoms with Gasteiger partial charge in [-0.2, -0.15) is 0 Å². The van der Waals surface area contributed by atoms with E-state index in [2.05, 4.69) is 55.6 Å². The van der Waals surface area contributed by atoms with E-state index in [0.29, 0.717) is 19.4 Å². The van der Waals surface area contributed by atoms with Crippen molar-refractivity contribution >= 4 is 11.9 Å². The molecule has 0 aromatic carbocycles. The number of hydrogen-bond acceptors (Lipinski definition) is 10. The van der Waals surface area contributed by atoms with Gasteiger partial charge in [-0.25, -0.2) is 0 Å². The largest absolute Gasteiger partial charge is 0.466 e. The Bertz CT molecular complexity index is 1630. The lowest BCUT2D eigenvalue weighted by atomic mass is 9.99. The summed E-state index contributed by atoms with van der Waals surface area (Å²) in [6, 6.07) is -0.807. The van der Waals surface area contributed by atoms with Crippen molar-refractivity contribution < 1.29 is 49.3 Å². The van der Waals surface area contributed by atoms with Gasteiger partial charge in [-0.1, -0.05) is 326 Å². The highest BCUT2D eigenvalue weighted by Crippen LogP contribution is 2.24. The SMILES string of the molecule is CCCCCCCCC/C=C\CCCCCCCC(=O)OCCCCCCCCCCCCCCC/C=C\C/C=C\CCCCCCCCCCCCCCCCCCCC(=O)NC(COC1OC(CO)C(O)C(O)C1O)C(O)/C=C/CCCCCCCCC. The molecule has 11 nitrogen and oxygen atoms in total. The minimum absolute atomic E-state index is 0.00547. The first-order valence-electron chi connectivity index (χ1n) is 38.9. The average Bonchev–Trinajstić information content (AvgIpc) is 1.55. The molecule has 7 atom stereocenters. The normalized spacial score (nSPS) is 17.9. The first-order chi connectivity index (χ1) is 44.2. The summed E-state index contributed by atoms with van der Waals surface area (Å²) in [4.78, 5) is 25.1. The molecule has 528 valence electrons. The summed E-state index contributed by atoms with van der Waals surface area (Å²) in [5.41, 5.74) is 0. The number of ether oxygens (including phenoxy) is 3. The van der Waals surface area contributed by atoms with Crippen LogP contribution in [0.4, 0.5) is 0 Å². The number of carbonyl (C=O) groups excluding carboxylic acids is 2. The number of unbranched alkanes of at least 4 members (excludes halogenated alkanes) is 49. The van der Waals surface area contributed by atoms with Crippen LogP contribution in [0, 0.1) is 0 Å². The molecule has 1 heterocycles. The average molecular weight is 1270 g/mol. The molecule has 11 heteroatoms. The number of hydrogen-bond donors (Lipinski definition) is 6. The molecule has 0 aromatic heterocycles. The molecule has 0 aliphatic carbocycles. The van der Waals surface area contributed by atoms with Crippen LogP contribution in [0.25, 0.3) is 0 Å². The maximum Gasteiger partial charge on any atom is 0.305 e. The molecule has 90 heavy (non-hydrogen) atoms. The Hall–Kier alpha value is -2.38. The van der Waals surface area contributed by atoms with E-state index in [1.54, 1.807) is 6.08 Å². The van der Waals surface area contributed by atoms with Gasteiger partial charge in [0.15, 0.2) is 6.29 Å². The van der Waals surface area contributed by atoms with Crippen LogP contribution in [-0.2, 0) is 23.8 Å². The lowest BCUT2D eigenvalue weighted by Gasteiger charge is -2.40. The number of esters is 1. The molecule has 0 aromatic rings. The van der Waals surface area contributed by atoms with E-state index in [9.17, 15) is 35.1 Å². The van der Waals surface area contributed by atoms with Gasteiger partial charge >= 0.3 is 5.97 Å². The van der Waals surface area contributed by atoms with Crippen molar-refractivity contribution in [2.45, 2.75) is 423 Å². The number of carbonyl (C=O) groups is 2. The van der Waals surface area contributed by atoms with Crippen LogP contribution in [0.3, 0.4) is 0 Å². The predicted octanol–water partition coefficient (Wildman–Crippen LogP) is 20.7. The molecule has 1 rings (SSSR count). The Morgan fingerprint density at radius 1 is 0.411 bits per heavy atom. The van der Waals surface area contributed by atoms with Crippen LogP contribution in [-0.4, -0.2) is 100 Å². The molecule has 0 saturated carbocycles. The van der Waals surface area contributed by atoms with Crippen LogP contribution in [0.2, 0.25) is 0 Å². The fourth-order valence-corrected chi connectivity index (χ4v) is 12.3. The summed E-state index contributed by atoms with van der Waals surface area (Å²) >= 11 is 0. The van der Waals surface area contributed by atoms with Crippen molar-refractivity contribution in [2.24, 2.45) is 0 Å². The van der Waals surface area contributed by atoms with Crippen molar-refractivity contribution in [3.63, 3.8) is 0 Å². The highest BCUT2D eigenvalue weighted by molar-refractivity contribution is 5.76. The van der Waals surface area contributed by atoms with E-state index in [-0.39, 0.29) is 18.5 Å². The standard InChI is InChI=1S/C79H147NO10/c1-3-5-7-9-11-13-14-15-16-41-44-47-51-55-59-63-67-75(84)88-68-64-60-56-52-48-45-42-39-37-35-33-31-29-27-25-23-21-19-17-18-20-22-24-26-28-30-32-34-36-38-40-43-46-50-54-58-62-66-74(83)80-71(72(82)65-61-57-53-49-12-10-8-6-4-2)70-89-79-78(87)77(86)76(85)73(69-81)90-79/h16-17,19,23,25,41,61,65,71-73,76-79,81-82,85-87H,3-15,18,20-22,24,26-40,42-60,62-64,66-70H2,1-2H3,(H,80,83)/b19-17-,25-23-,41-16-,65-61+. The zero-order valence-corrected chi connectivity index (χ0v) is 58.9. The van der Waals surface area contributed by atoms with E-state index in [1.807, 2.05) is 6.08 Å². The van der Waals surface area contributed by atoms with E-state index in [4.69, 9.17) is 14.2 Å². The molecule has 1 saturated heterocycles. The number of aliphatic hydroxyl groups excluding tert-OH is 5. The Labute approximate surface area is 555 Å². The number of allylic oxidation sites excluding steroid dienone is 7. The number of aliphatic hydroxyl groups is 5. The van der Waals surface area contributed by atoms with Gasteiger partial charge in [0.1, 0.15) is 24.4 Å². The molecule has 0 bridgehead atoms. The Morgan fingerprint density at radius 3 is 1.13 bits per heavy atom. The molecular weight excluding hydrogens is 1120 g/mol. The minimum atomic E-state index is -1.57. The van der Waals surface area contributed by atoms with E-state index in [0.717, 1.165) is 64.2 Å². The van der Waals surface area contributed by atoms with Crippen LogP contribution < -0.4 is 5.32 Å². The van der Waals surface area contributed by atoms with Crippen molar-refractivity contribution in [2.75, 3.05) is 19.8 Å². The molecule has 1 fully saturated rings. The third-order valence-electron chi connectivity index (χ3n) is 18.4. The number of nitrogens with one attached hydrogen (secondary N) is 1. The van der Waals surface area contributed by atoms with Crippen LogP contribution in [0.1, 0.15) is 380 Å². The Morgan fingerprint density at radius 2 is 0.744 bits per heavy atom. The maximum absolute atomic E-state index is 13.0. The fraction of sp³-hybridized carbons (Fsp3) is 0.873. The van der Waals surface area contributed by atoms with Gasteiger partial charge in [0.25, 0.3) is 0 Å². The highest BCUT2D eigenvalue weighted by atomic mass is 16.7. The van der Waals surface area contributed by atoms with Crippen LogP contribution in [0.5, 0.6) is 0 Å².